The normalized spacial score (nSPS) is 10.3. The monoisotopic (exact) mass is 206 g/mol. The van der Waals surface area contributed by atoms with Crippen molar-refractivity contribution in [2.45, 2.75) is 26.2 Å². The van der Waals surface area contributed by atoms with E-state index in [0.717, 1.165) is 6.42 Å². The Balaban J connectivity index is 2.47. The third kappa shape index (κ3) is 3.77. The van der Waals surface area contributed by atoms with E-state index in [9.17, 15) is 0 Å². The fourth-order valence-electron chi connectivity index (χ4n) is 1.24. The predicted molar refractivity (Wildman–Crippen MR) is 61.8 cm³/mol. The highest BCUT2D eigenvalue weighted by atomic mass is 31.1. The van der Waals surface area contributed by atoms with E-state index in [-0.39, 0.29) is 0 Å². The summed E-state index contributed by atoms with van der Waals surface area (Å²) in [7, 11) is 0.392. The van der Waals surface area contributed by atoms with E-state index >= 15 is 0 Å². The average Bonchev–Trinajstić information content (AvgIpc) is 2.25. The second kappa shape index (κ2) is 6.40. The molecule has 74 valence electrons. The molecule has 0 fully saturated rings. The molecule has 1 rings (SSSR count). The van der Waals surface area contributed by atoms with Gasteiger partial charge in [0, 0.05) is 8.73 Å². The van der Waals surface area contributed by atoms with Crippen LogP contribution >= 0.6 is 8.73 Å². The van der Waals surface area contributed by atoms with E-state index in [2.05, 4.69) is 36.3 Å². The van der Waals surface area contributed by atoms with Gasteiger partial charge in [-0.3, -0.25) is 0 Å². The number of benzene rings is 1. The second-order valence-electron chi connectivity index (χ2n) is 3.16. The van der Waals surface area contributed by atoms with Crippen LogP contribution in [0.5, 0.6) is 0 Å². The van der Waals surface area contributed by atoms with Crippen molar-refractivity contribution in [3.63, 3.8) is 0 Å². The SMILES string of the molecule is CCCCc1ccc(PNC#N)cc1. The fraction of sp³-hybridized carbons (Fsp3) is 0.364. The molecule has 0 heterocycles. The Morgan fingerprint density at radius 3 is 2.64 bits per heavy atom. The van der Waals surface area contributed by atoms with E-state index in [0.29, 0.717) is 8.73 Å². The molecule has 0 amide bonds. The molecule has 0 aromatic heterocycles. The summed E-state index contributed by atoms with van der Waals surface area (Å²) >= 11 is 0. The summed E-state index contributed by atoms with van der Waals surface area (Å²) < 4.78 is 0. The first-order chi connectivity index (χ1) is 6.86. The molecule has 0 spiro atoms. The van der Waals surface area contributed by atoms with E-state index < -0.39 is 0 Å². The van der Waals surface area contributed by atoms with E-state index in [1.165, 1.54) is 23.7 Å². The standard InChI is InChI=1S/C11H15N2P/c1-2-3-4-10-5-7-11(8-6-10)14-13-9-12/h5-8,13-14H,2-4H2,1H3. The number of nitriles is 1. The van der Waals surface area contributed by atoms with Crippen LogP contribution in [0.4, 0.5) is 0 Å². The summed E-state index contributed by atoms with van der Waals surface area (Å²) in [6.45, 7) is 2.20. The van der Waals surface area contributed by atoms with Crippen LogP contribution in [0.25, 0.3) is 0 Å². The predicted octanol–water partition coefficient (Wildman–Crippen LogP) is 2.32. The maximum atomic E-state index is 8.34. The lowest BCUT2D eigenvalue weighted by molar-refractivity contribution is 0.795. The molecule has 0 saturated carbocycles. The zero-order valence-corrected chi connectivity index (χ0v) is 9.38. The molecule has 0 saturated heterocycles. The summed E-state index contributed by atoms with van der Waals surface area (Å²) in [6.07, 6.45) is 5.57. The minimum absolute atomic E-state index is 0.392. The topological polar surface area (TPSA) is 35.8 Å². The summed E-state index contributed by atoms with van der Waals surface area (Å²) in [5.74, 6) is 0. The Hall–Kier alpha value is -1.06. The summed E-state index contributed by atoms with van der Waals surface area (Å²) in [5, 5.41) is 12.2. The summed E-state index contributed by atoms with van der Waals surface area (Å²) in [6, 6.07) is 8.48. The highest BCUT2D eigenvalue weighted by Crippen LogP contribution is 2.08. The number of nitrogens with zero attached hydrogens (tertiary/aromatic N) is 1. The van der Waals surface area contributed by atoms with Gasteiger partial charge in [0.15, 0.2) is 6.19 Å². The van der Waals surface area contributed by atoms with E-state index in [1.807, 2.05) is 6.19 Å². The first kappa shape index (κ1) is 11.0. The van der Waals surface area contributed by atoms with Crippen molar-refractivity contribution in [1.29, 1.82) is 5.26 Å². The average molecular weight is 206 g/mol. The molecular formula is C11H15N2P. The van der Waals surface area contributed by atoms with Crippen LogP contribution in [0, 0.1) is 11.5 Å². The highest BCUT2D eigenvalue weighted by Gasteiger charge is 1.94. The lowest BCUT2D eigenvalue weighted by Crippen LogP contribution is -2.01. The largest absolute Gasteiger partial charge is 0.301 e. The molecule has 0 aliphatic heterocycles. The lowest BCUT2D eigenvalue weighted by atomic mass is 10.1. The summed E-state index contributed by atoms with van der Waals surface area (Å²) in [5.41, 5.74) is 1.39. The Kier molecular flexibility index (Phi) is 5.04. The number of rotatable bonds is 5. The van der Waals surface area contributed by atoms with Crippen molar-refractivity contribution in [2.75, 3.05) is 0 Å². The van der Waals surface area contributed by atoms with Crippen LogP contribution in [0.15, 0.2) is 24.3 Å². The summed E-state index contributed by atoms with van der Waals surface area (Å²) in [4.78, 5) is 0. The van der Waals surface area contributed by atoms with Crippen LogP contribution in [-0.4, -0.2) is 0 Å². The third-order valence-electron chi connectivity index (χ3n) is 2.04. The van der Waals surface area contributed by atoms with Crippen LogP contribution in [0.3, 0.4) is 0 Å². The molecule has 0 aliphatic carbocycles. The molecule has 14 heavy (non-hydrogen) atoms. The molecular weight excluding hydrogens is 191 g/mol. The first-order valence-corrected chi connectivity index (χ1v) is 5.86. The zero-order valence-electron chi connectivity index (χ0n) is 8.38. The van der Waals surface area contributed by atoms with Gasteiger partial charge in [-0.25, -0.2) is 0 Å². The highest BCUT2D eigenvalue weighted by molar-refractivity contribution is 7.45. The van der Waals surface area contributed by atoms with Gasteiger partial charge in [0.05, 0.1) is 0 Å². The molecule has 3 heteroatoms. The van der Waals surface area contributed by atoms with Gasteiger partial charge < -0.3 is 5.09 Å². The third-order valence-corrected chi connectivity index (χ3v) is 2.89. The van der Waals surface area contributed by atoms with Crippen LogP contribution in [0.2, 0.25) is 0 Å². The zero-order chi connectivity index (χ0) is 10.2. The van der Waals surface area contributed by atoms with Crippen molar-refractivity contribution in [2.24, 2.45) is 0 Å². The Morgan fingerprint density at radius 2 is 2.07 bits per heavy atom. The molecule has 1 aromatic rings. The van der Waals surface area contributed by atoms with E-state index in [1.54, 1.807) is 0 Å². The van der Waals surface area contributed by atoms with Crippen molar-refractivity contribution >= 4 is 14.0 Å². The number of hydrogen-bond donors (Lipinski definition) is 1. The van der Waals surface area contributed by atoms with Gasteiger partial charge in [0.25, 0.3) is 0 Å². The van der Waals surface area contributed by atoms with Crippen molar-refractivity contribution in [3.8, 4) is 6.19 Å². The van der Waals surface area contributed by atoms with Crippen molar-refractivity contribution in [3.05, 3.63) is 29.8 Å². The number of unbranched alkanes of at least 4 members (excludes halogenated alkanes) is 1. The molecule has 1 unspecified atom stereocenters. The fourth-order valence-corrected chi connectivity index (χ4v) is 1.77. The molecule has 0 radical (unpaired) electrons. The smallest absolute Gasteiger partial charge is 0.180 e. The van der Waals surface area contributed by atoms with Crippen molar-refractivity contribution < 1.29 is 0 Å². The maximum absolute atomic E-state index is 8.34. The van der Waals surface area contributed by atoms with Crippen LogP contribution < -0.4 is 10.4 Å². The van der Waals surface area contributed by atoms with Gasteiger partial charge in [0.1, 0.15) is 0 Å². The Morgan fingerprint density at radius 1 is 1.36 bits per heavy atom. The molecule has 0 bridgehead atoms. The number of hydrogen-bond acceptors (Lipinski definition) is 2. The van der Waals surface area contributed by atoms with Gasteiger partial charge in [-0.2, -0.15) is 5.26 Å². The van der Waals surface area contributed by atoms with Gasteiger partial charge in [-0.1, -0.05) is 37.6 Å². The number of nitrogens with one attached hydrogen (secondary N) is 1. The molecule has 1 N–H and O–H groups in total. The maximum Gasteiger partial charge on any atom is 0.180 e. The minimum atomic E-state index is 0.392. The van der Waals surface area contributed by atoms with Gasteiger partial charge in [0.2, 0.25) is 0 Å². The first-order valence-electron chi connectivity index (χ1n) is 4.86. The van der Waals surface area contributed by atoms with Crippen molar-refractivity contribution in [1.82, 2.24) is 5.09 Å². The van der Waals surface area contributed by atoms with Crippen LogP contribution in [0.1, 0.15) is 25.3 Å². The van der Waals surface area contributed by atoms with Gasteiger partial charge in [-0.05, 0) is 23.7 Å². The number of aryl methyl sites for hydroxylation is 1. The quantitative estimate of drug-likeness (QED) is 0.456. The molecule has 2 nitrogen and oxygen atoms in total. The van der Waals surface area contributed by atoms with Gasteiger partial charge >= 0.3 is 0 Å². The Bertz CT molecular complexity index is 300. The molecule has 1 aromatic carbocycles. The molecule has 1 atom stereocenters. The Labute approximate surface area is 87.2 Å². The van der Waals surface area contributed by atoms with Crippen LogP contribution in [-0.2, 0) is 6.42 Å². The minimum Gasteiger partial charge on any atom is -0.301 e. The van der Waals surface area contributed by atoms with E-state index in [4.69, 9.17) is 5.26 Å². The molecule has 0 aliphatic rings. The second-order valence-corrected chi connectivity index (χ2v) is 4.24. The lowest BCUT2D eigenvalue weighted by Gasteiger charge is -2.02. The van der Waals surface area contributed by atoms with Gasteiger partial charge in [-0.15, -0.1) is 0 Å².